The highest BCUT2D eigenvalue weighted by atomic mass is 32.1. The molecule has 0 fully saturated rings. The topological polar surface area (TPSA) is 64.1 Å². The van der Waals surface area contributed by atoms with Gasteiger partial charge >= 0.3 is 0 Å². The van der Waals surface area contributed by atoms with Gasteiger partial charge in [0.25, 0.3) is 5.91 Å². The molecule has 0 radical (unpaired) electrons. The molecular formula is C22H27N3O4S. The van der Waals surface area contributed by atoms with E-state index in [0.29, 0.717) is 41.0 Å². The summed E-state index contributed by atoms with van der Waals surface area (Å²) < 4.78 is 17.5. The zero-order chi connectivity index (χ0) is 21.7. The summed E-state index contributed by atoms with van der Waals surface area (Å²) in [5.74, 6) is 1.85. The van der Waals surface area contributed by atoms with Gasteiger partial charge in [0.2, 0.25) is 0 Å². The van der Waals surface area contributed by atoms with Gasteiger partial charge in [0.15, 0.2) is 11.7 Å². The van der Waals surface area contributed by atoms with Crippen LogP contribution in [0.3, 0.4) is 0 Å². The molecule has 0 spiro atoms. The maximum Gasteiger partial charge on any atom is 0.266 e. The maximum absolute atomic E-state index is 13.1. The predicted octanol–water partition coefficient (Wildman–Crippen LogP) is 3.60. The van der Waals surface area contributed by atoms with Crippen LogP contribution in [0.5, 0.6) is 17.2 Å². The summed E-state index contributed by atoms with van der Waals surface area (Å²) in [5, 5.41) is 0.590. The number of rotatable bonds is 9. The van der Waals surface area contributed by atoms with Crippen molar-refractivity contribution in [1.82, 2.24) is 9.88 Å². The second-order valence-corrected chi connectivity index (χ2v) is 8.07. The Hall–Kier alpha value is -2.84. The van der Waals surface area contributed by atoms with Crippen molar-refractivity contribution in [1.29, 1.82) is 0 Å². The van der Waals surface area contributed by atoms with Gasteiger partial charge in [0.1, 0.15) is 27.5 Å². The molecule has 8 heteroatoms. The SMILES string of the molecule is COc1ccc(OC)c2sc(N(CCN(C)C)C(=O)COc3ccc(C)cc3)nc12. The number of carbonyl (C=O) groups excluding carboxylic acids is 1. The smallest absolute Gasteiger partial charge is 0.266 e. The lowest BCUT2D eigenvalue weighted by Gasteiger charge is -2.22. The molecule has 7 nitrogen and oxygen atoms in total. The van der Waals surface area contributed by atoms with E-state index in [1.165, 1.54) is 11.3 Å². The van der Waals surface area contributed by atoms with Crippen molar-refractivity contribution < 1.29 is 19.0 Å². The van der Waals surface area contributed by atoms with Crippen molar-refractivity contribution in [2.45, 2.75) is 6.92 Å². The first-order valence-corrected chi connectivity index (χ1v) is 10.4. The molecular weight excluding hydrogens is 402 g/mol. The highest BCUT2D eigenvalue weighted by Gasteiger charge is 2.23. The molecule has 3 rings (SSSR count). The normalized spacial score (nSPS) is 11.0. The highest BCUT2D eigenvalue weighted by Crippen LogP contribution is 2.40. The van der Waals surface area contributed by atoms with Crippen LogP contribution in [0.2, 0.25) is 0 Å². The summed E-state index contributed by atoms with van der Waals surface area (Å²) in [6.45, 7) is 3.13. The van der Waals surface area contributed by atoms with Crippen LogP contribution >= 0.6 is 11.3 Å². The average molecular weight is 430 g/mol. The summed E-state index contributed by atoms with van der Waals surface area (Å²) in [6.07, 6.45) is 0. The zero-order valence-corrected chi connectivity index (χ0v) is 18.8. The summed E-state index contributed by atoms with van der Waals surface area (Å²) in [6, 6.07) is 11.3. The molecule has 0 aliphatic heterocycles. The molecule has 1 amide bonds. The lowest BCUT2D eigenvalue weighted by atomic mass is 10.2. The van der Waals surface area contributed by atoms with Crippen LogP contribution in [0.15, 0.2) is 36.4 Å². The number of methoxy groups -OCH3 is 2. The van der Waals surface area contributed by atoms with E-state index < -0.39 is 0 Å². The molecule has 0 saturated heterocycles. The van der Waals surface area contributed by atoms with Crippen LogP contribution in [-0.4, -0.2) is 63.8 Å². The molecule has 0 unspecified atom stereocenters. The first-order valence-electron chi connectivity index (χ1n) is 9.59. The predicted molar refractivity (Wildman–Crippen MR) is 120 cm³/mol. The third kappa shape index (κ3) is 5.01. The number of hydrogen-bond acceptors (Lipinski definition) is 7. The molecule has 160 valence electrons. The summed E-state index contributed by atoms with van der Waals surface area (Å²) in [5.41, 5.74) is 1.82. The minimum atomic E-state index is -0.158. The number of ether oxygens (including phenoxy) is 3. The number of nitrogens with zero attached hydrogens (tertiary/aromatic N) is 3. The van der Waals surface area contributed by atoms with Gasteiger partial charge in [-0.1, -0.05) is 29.0 Å². The van der Waals surface area contributed by atoms with Crippen LogP contribution in [0.1, 0.15) is 5.56 Å². The number of carbonyl (C=O) groups is 1. The van der Waals surface area contributed by atoms with E-state index in [4.69, 9.17) is 19.2 Å². The van der Waals surface area contributed by atoms with Gasteiger partial charge in [-0.15, -0.1) is 0 Å². The third-order valence-electron chi connectivity index (χ3n) is 4.59. The van der Waals surface area contributed by atoms with E-state index in [1.807, 2.05) is 62.3 Å². The number of aromatic nitrogens is 1. The Morgan fingerprint density at radius 2 is 1.67 bits per heavy atom. The number of benzene rings is 2. The molecule has 0 aliphatic carbocycles. The number of amides is 1. The number of likely N-dealkylation sites (N-methyl/N-ethyl adjacent to an activating group) is 1. The molecule has 3 aromatic rings. The van der Waals surface area contributed by atoms with Gasteiger partial charge in [0.05, 0.1) is 14.2 Å². The van der Waals surface area contributed by atoms with E-state index in [2.05, 4.69) is 0 Å². The Morgan fingerprint density at radius 3 is 2.30 bits per heavy atom. The van der Waals surface area contributed by atoms with Crippen molar-refractivity contribution in [3.05, 3.63) is 42.0 Å². The molecule has 0 atom stereocenters. The van der Waals surface area contributed by atoms with Crippen LogP contribution in [0.25, 0.3) is 10.2 Å². The molecule has 1 aromatic heterocycles. The minimum absolute atomic E-state index is 0.0688. The number of aryl methyl sites for hydroxylation is 1. The summed E-state index contributed by atoms with van der Waals surface area (Å²) in [7, 11) is 7.15. The number of hydrogen-bond donors (Lipinski definition) is 0. The quantitative estimate of drug-likeness (QED) is 0.518. The average Bonchev–Trinajstić information content (AvgIpc) is 3.17. The van der Waals surface area contributed by atoms with Gasteiger partial charge in [-0.05, 0) is 45.3 Å². The van der Waals surface area contributed by atoms with Gasteiger partial charge in [-0.2, -0.15) is 0 Å². The molecule has 30 heavy (non-hydrogen) atoms. The van der Waals surface area contributed by atoms with Gasteiger partial charge in [0, 0.05) is 13.1 Å². The second-order valence-electron chi connectivity index (χ2n) is 7.09. The maximum atomic E-state index is 13.1. The first kappa shape index (κ1) is 21.9. The third-order valence-corrected chi connectivity index (χ3v) is 5.68. The lowest BCUT2D eigenvalue weighted by Crippen LogP contribution is -2.39. The highest BCUT2D eigenvalue weighted by molar-refractivity contribution is 7.22. The standard InChI is InChI=1S/C22H27N3O4S/c1-15-6-8-16(9-7-15)29-14-19(26)25(13-12-24(2)3)22-23-20-17(27-4)10-11-18(28-5)21(20)30-22/h6-11H,12-14H2,1-5H3. The first-order chi connectivity index (χ1) is 14.4. The van der Waals surface area contributed by atoms with Gasteiger partial charge < -0.3 is 19.1 Å². The molecule has 1 heterocycles. The monoisotopic (exact) mass is 429 g/mol. The Kier molecular flexibility index (Phi) is 7.12. The molecule has 0 bridgehead atoms. The van der Waals surface area contributed by atoms with Crippen LogP contribution < -0.4 is 19.1 Å². The van der Waals surface area contributed by atoms with E-state index in [0.717, 1.165) is 10.3 Å². The number of thiazole rings is 1. The largest absolute Gasteiger partial charge is 0.495 e. The van der Waals surface area contributed by atoms with E-state index in [-0.39, 0.29) is 12.5 Å². The fraction of sp³-hybridized carbons (Fsp3) is 0.364. The van der Waals surface area contributed by atoms with Crippen LogP contribution in [0.4, 0.5) is 5.13 Å². The lowest BCUT2D eigenvalue weighted by molar-refractivity contribution is -0.120. The Balaban J connectivity index is 1.88. The molecule has 0 aliphatic rings. The second kappa shape index (κ2) is 9.77. The minimum Gasteiger partial charge on any atom is -0.495 e. The number of fused-ring (bicyclic) bond motifs is 1. The Bertz CT molecular complexity index is 961. The Labute approximate surface area is 180 Å². The fourth-order valence-corrected chi connectivity index (χ4v) is 3.99. The molecule has 2 aromatic carbocycles. The number of anilines is 1. The van der Waals surface area contributed by atoms with Crippen molar-refractivity contribution in [3.8, 4) is 17.2 Å². The summed E-state index contributed by atoms with van der Waals surface area (Å²) in [4.78, 5) is 21.5. The van der Waals surface area contributed by atoms with E-state index in [1.54, 1.807) is 19.1 Å². The van der Waals surface area contributed by atoms with Crippen molar-refractivity contribution in [2.75, 3.05) is 52.9 Å². The zero-order valence-electron chi connectivity index (χ0n) is 18.0. The Morgan fingerprint density at radius 1 is 1.00 bits per heavy atom. The molecule has 0 N–H and O–H groups in total. The van der Waals surface area contributed by atoms with Crippen molar-refractivity contribution in [2.24, 2.45) is 0 Å². The van der Waals surface area contributed by atoms with Crippen molar-refractivity contribution in [3.63, 3.8) is 0 Å². The van der Waals surface area contributed by atoms with Gasteiger partial charge in [-0.3, -0.25) is 9.69 Å². The summed E-state index contributed by atoms with van der Waals surface area (Å²) >= 11 is 1.40. The van der Waals surface area contributed by atoms with Crippen LogP contribution in [-0.2, 0) is 4.79 Å². The van der Waals surface area contributed by atoms with Crippen molar-refractivity contribution >= 4 is 32.6 Å². The molecule has 0 saturated carbocycles. The van der Waals surface area contributed by atoms with E-state index >= 15 is 0 Å². The van der Waals surface area contributed by atoms with Gasteiger partial charge in [-0.25, -0.2) is 4.98 Å². The van der Waals surface area contributed by atoms with Crippen LogP contribution in [0, 0.1) is 6.92 Å². The fourth-order valence-electron chi connectivity index (χ4n) is 2.87. The van der Waals surface area contributed by atoms with E-state index in [9.17, 15) is 4.79 Å².